The summed E-state index contributed by atoms with van der Waals surface area (Å²) in [5.74, 6) is 0.517. The van der Waals surface area contributed by atoms with Gasteiger partial charge in [0.05, 0.1) is 0 Å². The maximum Gasteiger partial charge on any atom is 0.282 e. The largest absolute Gasteiger partial charge is 0.396 e. The summed E-state index contributed by atoms with van der Waals surface area (Å²) in [6.45, 7) is 5.91. The Morgan fingerprint density at radius 2 is 1.84 bits per heavy atom. The Morgan fingerprint density at radius 3 is 2.53 bits per heavy atom. The van der Waals surface area contributed by atoms with E-state index in [1.165, 1.54) is 0 Å². The molecule has 19 heavy (non-hydrogen) atoms. The Labute approximate surface area is 116 Å². The Morgan fingerprint density at radius 1 is 1.16 bits per heavy atom. The summed E-state index contributed by atoms with van der Waals surface area (Å²) in [7, 11) is -3.35. The van der Waals surface area contributed by atoms with Gasteiger partial charge in [-0.05, 0) is 44.4 Å². The molecule has 112 valence electrons. The zero-order chi connectivity index (χ0) is 14.0. The molecular weight excluding hydrogens is 264 g/mol. The summed E-state index contributed by atoms with van der Waals surface area (Å²) < 4.78 is 28.7. The predicted octanol–water partition coefficient (Wildman–Crippen LogP) is 1.06. The topological polar surface area (TPSA) is 60.9 Å². The van der Waals surface area contributed by atoms with Gasteiger partial charge in [0, 0.05) is 32.3 Å². The molecule has 3 atom stereocenters. The summed E-state index contributed by atoms with van der Waals surface area (Å²) in [6, 6.07) is 0.0771. The first-order valence-corrected chi connectivity index (χ1v) is 8.74. The van der Waals surface area contributed by atoms with Gasteiger partial charge in [0.25, 0.3) is 10.2 Å². The van der Waals surface area contributed by atoms with E-state index in [9.17, 15) is 13.5 Å². The predicted molar refractivity (Wildman–Crippen MR) is 74.9 cm³/mol. The van der Waals surface area contributed by atoms with E-state index in [4.69, 9.17) is 0 Å². The summed E-state index contributed by atoms with van der Waals surface area (Å²) >= 11 is 0. The van der Waals surface area contributed by atoms with Gasteiger partial charge >= 0.3 is 0 Å². The molecule has 2 aliphatic heterocycles. The van der Waals surface area contributed by atoms with E-state index >= 15 is 0 Å². The lowest BCUT2D eigenvalue weighted by Gasteiger charge is -2.41. The highest BCUT2D eigenvalue weighted by molar-refractivity contribution is 7.86. The van der Waals surface area contributed by atoms with Gasteiger partial charge in [0.1, 0.15) is 0 Å². The van der Waals surface area contributed by atoms with Crippen LogP contribution in [0.25, 0.3) is 0 Å². The zero-order valence-corrected chi connectivity index (χ0v) is 12.8. The van der Waals surface area contributed by atoms with Crippen molar-refractivity contribution >= 4 is 10.2 Å². The van der Waals surface area contributed by atoms with E-state index in [-0.39, 0.29) is 18.6 Å². The molecular formula is C13H26N2O3S. The van der Waals surface area contributed by atoms with E-state index in [0.717, 1.165) is 25.7 Å². The van der Waals surface area contributed by atoms with Crippen molar-refractivity contribution in [3.63, 3.8) is 0 Å². The first-order chi connectivity index (χ1) is 8.96. The lowest BCUT2D eigenvalue weighted by atomic mass is 9.94. The molecule has 2 heterocycles. The Hall–Kier alpha value is -0.170. The number of rotatable bonds is 3. The normalized spacial score (nSPS) is 35.4. The second-order valence-corrected chi connectivity index (χ2v) is 7.91. The first-order valence-electron chi connectivity index (χ1n) is 7.34. The average Bonchev–Trinajstić information content (AvgIpc) is 2.41. The maximum absolute atomic E-state index is 12.7. The van der Waals surface area contributed by atoms with Gasteiger partial charge in [0.2, 0.25) is 0 Å². The highest BCUT2D eigenvalue weighted by atomic mass is 32.2. The van der Waals surface area contributed by atoms with Crippen LogP contribution in [-0.2, 0) is 10.2 Å². The van der Waals surface area contributed by atoms with E-state index in [1.54, 1.807) is 8.61 Å². The van der Waals surface area contributed by atoms with Gasteiger partial charge in [-0.1, -0.05) is 6.92 Å². The zero-order valence-electron chi connectivity index (χ0n) is 12.0. The smallest absolute Gasteiger partial charge is 0.282 e. The third kappa shape index (κ3) is 3.12. The maximum atomic E-state index is 12.7. The van der Waals surface area contributed by atoms with Crippen molar-refractivity contribution in [3.8, 4) is 0 Å². The third-order valence-corrected chi connectivity index (χ3v) is 6.77. The molecule has 0 bridgehead atoms. The molecule has 0 aromatic carbocycles. The molecule has 0 radical (unpaired) electrons. The highest BCUT2D eigenvalue weighted by Gasteiger charge is 2.38. The van der Waals surface area contributed by atoms with Crippen LogP contribution in [0.2, 0.25) is 0 Å². The van der Waals surface area contributed by atoms with Crippen LogP contribution < -0.4 is 0 Å². The van der Waals surface area contributed by atoms with Gasteiger partial charge < -0.3 is 5.11 Å². The molecule has 2 aliphatic rings. The van der Waals surface area contributed by atoms with Crippen molar-refractivity contribution in [2.24, 2.45) is 11.8 Å². The summed E-state index contributed by atoms with van der Waals surface area (Å²) in [5, 5.41) is 9.24. The highest BCUT2D eigenvalue weighted by Crippen LogP contribution is 2.29. The van der Waals surface area contributed by atoms with Crippen LogP contribution in [0.3, 0.4) is 0 Å². The molecule has 5 nitrogen and oxygen atoms in total. The number of aliphatic hydroxyl groups excluding tert-OH is 1. The SMILES string of the molecule is CC1CCCN(S(=O)(=O)N2CCCC(CO)C2)C1C. The fraction of sp³-hybridized carbons (Fsp3) is 1.00. The Balaban J connectivity index is 2.12. The van der Waals surface area contributed by atoms with Crippen molar-refractivity contribution in [2.75, 3.05) is 26.2 Å². The first kappa shape index (κ1) is 15.2. The molecule has 1 N–H and O–H groups in total. The third-order valence-electron chi connectivity index (χ3n) is 4.68. The van der Waals surface area contributed by atoms with E-state index in [2.05, 4.69) is 6.92 Å². The van der Waals surface area contributed by atoms with Gasteiger partial charge in [0.15, 0.2) is 0 Å². The van der Waals surface area contributed by atoms with Crippen LogP contribution in [0.1, 0.15) is 39.5 Å². The van der Waals surface area contributed by atoms with Crippen molar-refractivity contribution < 1.29 is 13.5 Å². The molecule has 0 aromatic rings. The summed E-state index contributed by atoms with van der Waals surface area (Å²) in [4.78, 5) is 0. The van der Waals surface area contributed by atoms with Gasteiger partial charge in [-0.25, -0.2) is 0 Å². The molecule has 0 saturated carbocycles. The molecule has 0 amide bonds. The van der Waals surface area contributed by atoms with E-state index in [0.29, 0.717) is 25.6 Å². The van der Waals surface area contributed by atoms with Gasteiger partial charge in [-0.3, -0.25) is 0 Å². The van der Waals surface area contributed by atoms with Crippen molar-refractivity contribution in [1.29, 1.82) is 0 Å². The van der Waals surface area contributed by atoms with Crippen LogP contribution in [-0.4, -0.2) is 54.4 Å². The van der Waals surface area contributed by atoms with E-state index < -0.39 is 10.2 Å². The van der Waals surface area contributed by atoms with Crippen molar-refractivity contribution in [3.05, 3.63) is 0 Å². The lowest BCUT2D eigenvalue weighted by Crippen LogP contribution is -2.54. The minimum Gasteiger partial charge on any atom is -0.396 e. The Bertz CT molecular complexity index is 399. The second-order valence-electron chi connectivity index (χ2n) is 6.03. The number of nitrogens with zero attached hydrogens (tertiary/aromatic N) is 2. The molecule has 0 aromatic heterocycles. The van der Waals surface area contributed by atoms with Crippen molar-refractivity contribution in [2.45, 2.75) is 45.6 Å². The lowest BCUT2D eigenvalue weighted by molar-refractivity contribution is 0.147. The standard InChI is InChI=1S/C13H26N2O3S/c1-11-5-3-8-15(12(11)2)19(17,18)14-7-4-6-13(9-14)10-16/h11-13,16H,3-10H2,1-2H3. The molecule has 2 saturated heterocycles. The summed E-state index contributed by atoms with van der Waals surface area (Å²) in [5.41, 5.74) is 0. The quantitative estimate of drug-likeness (QED) is 0.845. The molecule has 3 unspecified atom stereocenters. The number of aliphatic hydroxyl groups is 1. The number of hydrogen-bond donors (Lipinski definition) is 1. The number of hydrogen-bond acceptors (Lipinski definition) is 3. The van der Waals surface area contributed by atoms with Crippen LogP contribution in [0.5, 0.6) is 0 Å². The fourth-order valence-corrected chi connectivity index (χ4v) is 5.20. The molecule has 0 aliphatic carbocycles. The van der Waals surface area contributed by atoms with E-state index in [1.807, 2.05) is 6.92 Å². The Kier molecular flexibility index (Phi) is 4.87. The van der Waals surface area contributed by atoms with Gasteiger partial charge in [-0.15, -0.1) is 0 Å². The average molecular weight is 290 g/mol. The molecule has 6 heteroatoms. The van der Waals surface area contributed by atoms with Crippen LogP contribution in [0.15, 0.2) is 0 Å². The minimum absolute atomic E-state index is 0.0771. The van der Waals surface area contributed by atoms with Crippen LogP contribution >= 0.6 is 0 Å². The molecule has 2 rings (SSSR count). The minimum atomic E-state index is -3.35. The van der Waals surface area contributed by atoms with Crippen molar-refractivity contribution in [1.82, 2.24) is 8.61 Å². The molecule has 0 spiro atoms. The number of piperidine rings is 2. The fourth-order valence-electron chi connectivity index (χ4n) is 3.16. The van der Waals surface area contributed by atoms with Crippen LogP contribution in [0, 0.1) is 11.8 Å². The van der Waals surface area contributed by atoms with Gasteiger partial charge in [-0.2, -0.15) is 17.0 Å². The summed E-state index contributed by atoms with van der Waals surface area (Å²) in [6.07, 6.45) is 3.82. The monoisotopic (exact) mass is 290 g/mol. The molecule has 2 fully saturated rings. The second kappa shape index (κ2) is 6.08. The van der Waals surface area contributed by atoms with Crippen LogP contribution in [0.4, 0.5) is 0 Å².